The predicted octanol–water partition coefficient (Wildman–Crippen LogP) is 2.61. The maximum atomic E-state index is 12.3. The molecular formula is C13H19ClN2OS. The molecule has 3 nitrogen and oxygen atoms in total. The van der Waals surface area contributed by atoms with Gasteiger partial charge >= 0.3 is 0 Å². The van der Waals surface area contributed by atoms with Crippen molar-refractivity contribution in [2.75, 3.05) is 33.2 Å². The summed E-state index contributed by atoms with van der Waals surface area (Å²) >= 11 is 7.26. The van der Waals surface area contributed by atoms with Gasteiger partial charge in [-0.2, -0.15) is 0 Å². The molecule has 0 amide bonds. The molecule has 0 N–H and O–H groups in total. The van der Waals surface area contributed by atoms with E-state index in [-0.39, 0.29) is 11.8 Å². The Bertz CT molecular complexity index is 421. The third kappa shape index (κ3) is 3.32. The number of hydrogen-bond donors (Lipinski definition) is 0. The number of carbonyl (C=O) groups excluding carboxylic acids is 1. The first-order chi connectivity index (χ1) is 8.58. The van der Waals surface area contributed by atoms with E-state index in [4.69, 9.17) is 11.6 Å². The average molecular weight is 287 g/mol. The maximum absolute atomic E-state index is 12.3. The highest BCUT2D eigenvalue weighted by Crippen LogP contribution is 2.23. The van der Waals surface area contributed by atoms with E-state index >= 15 is 0 Å². The molecule has 1 aliphatic rings. The van der Waals surface area contributed by atoms with Crippen LogP contribution in [0.5, 0.6) is 0 Å². The fourth-order valence-corrected chi connectivity index (χ4v) is 3.34. The van der Waals surface area contributed by atoms with E-state index in [1.807, 2.05) is 13.0 Å². The fourth-order valence-electron chi connectivity index (χ4n) is 2.27. The molecule has 5 heteroatoms. The quantitative estimate of drug-likeness (QED) is 0.798. The molecule has 18 heavy (non-hydrogen) atoms. The summed E-state index contributed by atoms with van der Waals surface area (Å²) in [5, 5.41) is 0. The second-order valence-corrected chi connectivity index (χ2v) is 6.55. The highest BCUT2D eigenvalue weighted by molar-refractivity contribution is 7.18. The minimum absolute atomic E-state index is 0.0498. The van der Waals surface area contributed by atoms with Crippen LogP contribution < -0.4 is 0 Å². The monoisotopic (exact) mass is 286 g/mol. The van der Waals surface area contributed by atoms with Crippen molar-refractivity contribution in [2.45, 2.75) is 19.4 Å². The Kier molecular flexibility index (Phi) is 4.78. The SMILES string of the molecule is CC(C(=O)c1ccc(Cl)s1)N1CCCN(C)CC1. The van der Waals surface area contributed by atoms with Crippen LogP contribution in [0, 0.1) is 0 Å². The van der Waals surface area contributed by atoms with Crippen LogP contribution in [0.4, 0.5) is 0 Å². The molecule has 1 aromatic rings. The van der Waals surface area contributed by atoms with Crippen LogP contribution in [0.3, 0.4) is 0 Å². The van der Waals surface area contributed by atoms with Crippen molar-refractivity contribution in [1.29, 1.82) is 0 Å². The molecule has 1 aliphatic heterocycles. The predicted molar refractivity (Wildman–Crippen MR) is 76.8 cm³/mol. The molecule has 0 aliphatic carbocycles. The van der Waals surface area contributed by atoms with Gasteiger partial charge in [-0.3, -0.25) is 9.69 Å². The van der Waals surface area contributed by atoms with E-state index in [1.165, 1.54) is 11.3 Å². The van der Waals surface area contributed by atoms with Gasteiger partial charge < -0.3 is 4.90 Å². The van der Waals surface area contributed by atoms with Gasteiger partial charge in [0, 0.05) is 19.6 Å². The number of Topliss-reactive ketones (excluding diaryl/α,β-unsaturated/α-hetero) is 1. The number of hydrogen-bond acceptors (Lipinski definition) is 4. The minimum Gasteiger partial charge on any atom is -0.305 e. The molecule has 1 fully saturated rings. The standard InChI is InChI=1S/C13H19ClN2OS/c1-10(13(17)11-4-5-12(14)18-11)16-7-3-6-15(2)8-9-16/h4-5,10H,3,6-9H2,1-2H3. The molecule has 0 spiro atoms. The minimum atomic E-state index is -0.0498. The smallest absolute Gasteiger partial charge is 0.189 e. The Morgan fingerprint density at radius 3 is 2.78 bits per heavy atom. The van der Waals surface area contributed by atoms with Crippen molar-refractivity contribution in [3.8, 4) is 0 Å². The molecular weight excluding hydrogens is 268 g/mol. The van der Waals surface area contributed by atoms with Crippen molar-refractivity contribution in [3.05, 3.63) is 21.3 Å². The summed E-state index contributed by atoms with van der Waals surface area (Å²) in [4.78, 5) is 17.7. The van der Waals surface area contributed by atoms with Gasteiger partial charge in [0.25, 0.3) is 0 Å². The lowest BCUT2D eigenvalue weighted by Crippen LogP contribution is -2.41. The Hall–Kier alpha value is -0.420. The average Bonchev–Trinajstić information content (AvgIpc) is 2.66. The molecule has 0 radical (unpaired) electrons. The van der Waals surface area contributed by atoms with Crippen LogP contribution >= 0.6 is 22.9 Å². The van der Waals surface area contributed by atoms with Gasteiger partial charge in [-0.15, -0.1) is 11.3 Å². The molecule has 100 valence electrons. The number of carbonyl (C=O) groups is 1. The highest BCUT2D eigenvalue weighted by atomic mass is 35.5. The van der Waals surface area contributed by atoms with E-state index in [0.717, 1.165) is 37.5 Å². The van der Waals surface area contributed by atoms with E-state index in [2.05, 4.69) is 16.8 Å². The number of ketones is 1. The van der Waals surface area contributed by atoms with Crippen molar-refractivity contribution in [2.24, 2.45) is 0 Å². The normalized spacial score (nSPS) is 20.6. The number of rotatable bonds is 3. The molecule has 1 aromatic heterocycles. The number of likely N-dealkylation sites (N-methyl/N-ethyl adjacent to an activating group) is 1. The van der Waals surface area contributed by atoms with E-state index in [0.29, 0.717) is 4.34 Å². The van der Waals surface area contributed by atoms with Gasteiger partial charge in [0.2, 0.25) is 0 Å². The molecule has 1 atom stereocenters. The topological polar surface area (TPSA) is 23.6 Å². The molecule has 1 saturated heterocycles. The van der Waals surface area contributed by atoms with Crippen LogP contribution in [0.15, 0.2) is 12.1 Å². The van der Waals surface area contributed by atoms with Gasteiger partial charge in [-0.25, -0.2) is 0 Å². The summed E-state index contributed by atoms with van der Waals surface area (Å²) in [6.45, 7) is 6.10. The van der Waals surface area contributed by atoms with Crippen LogP contribution in [0.25, 0.3) is 0 Å². The largest absolute Gasteiger partial charge is 0.305 e. The van der Waals surface area contributed by atoms with E-state index in [9.17, 15) is 4.79 Å². The lowest BCUT2D eigenvalue weighted by Gasteiger charge is -2.26. The van der Waals surface area contributed by atoms with Crippen molar-refractivity contribution in [3.63, 3.8) is 0 Å². The summed E-state index contributed by atoms with van der Waals surface area (Å²) in [6, 6.07) is 3.57. The first-order valence-electron chi connectivity index (χ1n) is 6.30. The Balaban J connectivity index is 2.01. The van der Waals surface area contributed by atoms with Gasteiger partial charge in [0.15, 0.2) is 5.78 Å². The molecule has 1 unspecified atom stereocenters. The lowest BCUT2D eigenvalue weighted by atomic mass is 10.1. The van der Waals surface area contributed by atoms with Crippen molar-refractivity contribution in [1.82, 2.24) is 9.80 Å². The maximum Gasteiger partial charge on any atom is 0.189 e. The summed E-state index contributed by atoms with van der Waals surface area (Å²) in [5.41, 5.74) is 0. The zero-order valence-corrected chi connectivity index (χ0v) is 12.4. The number of thiophene rings is 1. The molecule has 0 bridgehead atoms. The lowest BCUT2D eigenvalue weighted by molar-refractivity contribution is 0.0848. The van der Waals surface area contributed by atoms with Crippen LogP contribution in [0.1, 0.15) is 23.0 Å². The van der Waals surface area contributed by atoms with Gasteiger partial charge in [-0.1, -0.05) is 11.6 Å². The Morgan fingerprint density at radius 2 is 2.11 bits per heavy atom. The third-order valence-electron chi connectivity index (χ3n) is 3.50. The number of nitrogens with zero attached hydrogens (tertiary/aromatic N) is 2. The van der Waals surface area contributed by atoms with Crippen molar-refractivity contribution < 1.29 is 4.79 Å². The Labute approximate surface area is 117 Å². The highest BCUT2D eigenvalue weighted by Gasteiger charge is 2.24. The van der Waals surface area contributed by atoms with Gasteiger partial charge in [-0.05, 0) is 39.1 Å². The second kappa shape index (κ2) is 6.15. The zero-order chi connectivity index (χ0) is 13.1. The second-order valence-electron chi connectivity index (χ2n) is 4.84. The van der Waals surface area contributed by atoms with Crippen LogP contribution in [-0.4, -0.2) is 54.9 Å². The first-order valence-corrected chi connectivity index (χ1v) is 7.49. The zero-order valence-electron chi connectivity index (χ0n) is 10.9. The summed E-state index contributed by atoms with van der Waals surface area (Å²) < 4.78 is 0.682. The van der Waals surface area contributed by atoms with Crippen molar-refractivity contribution >= 4 is 28.7 Å². The van der Waals surface area contributed by atoms with Gasteiger partial charge in [0.1, 0.15) is 0 Å². The van der Waals surface area contributed by atoms with E-state index < -0.39 is 0 Å². The third-order valence-corrected chi connectivity index (χ3v) is 4.74. The molecule has 0 saturated carbocycles. The summed E-state index contributed by atoms with van der Waals surface area (Å²) in [5.74, 6) is 0.191. The molecule has 2 rings (SSSR count). The summed E-state index contributed by atoms with van der Waals surface area (Å²) in [6.07, 6.45) is 1.12. The fraction of sp³-hybridized carbons (Fsp3) is 0.615. The van der Waals surface area contributed by atoms with Gasteiger partial charge in [0.05, 0.1) is 15.3 Å². The molecule has 0 aromatic carbocycles. The molecule has 2 heterocycles. The summed E-state index contributed by atoms with van der Waals surface area (Å²) in [7, 11) is 2.13. The van der Waals surface area contributed by atoms with E-state index in [1.54, 1.807) is 6.07 Å². The Morgan fingerprint density at radius 1 is 1.33 bits per heavy atom. The van der Waals surface area contributed by atoms with Crippen LogP contribution in [-0.2, 0) is 0 Å². The van der Waals surface area contributed by atoms with Crippen LogP contribution in [0.2, 0.25) is 4.34 Å². The number of halogens is 1. The first kappa shape index (κ1) is 14.0.